The third kappa shape index (κ3) is 5.23. The van der Waals surface area contributed by atoms with E-state index < -0.39 is 0 Å². The molecule has 7 heteroatoms. The number of likely N-dealkylation sites (N-methyl/N-ethyl adjacent to an activating group) is 1. The summed E-state index contributed by atoms with van der Waals surface area (Å²) in [7, 11) is 0. The normalized spacial score (nSPS) is 15.5. The molecule has 2 aromatic heterocycles. The number of likely N-dealkylation sites (tertiary alicyclic amines) is 1. The highest BCUT2D eigenvalue weighted by Crippen LogP contribution is 2.27. The average molecular weight is 368 g/mol. The van der Waals surface area contributed by atoms with Crippen molar-refractivity contribution in [3.05, 3.63) is 42.5 Å². The highest BCUT2D eigenvalue weighted by atomic mass is 16.2. The average Bonchev–Trinajstić information content (AvgIpc) is 2.70. The minimum atomic E-state index is 0.222. The van der Waals surface area contributed by atoms with E-state index in [2.05, 4.69) is 20.2 Å². The molecule has 2 aromatic rings. The van der Waals surface area contributed by atoms with Crippen LogP contribution in [0.3, 0.4) is 0 Å². The van der Waals surface area contributed by atoms with Gasteiger partial charge in [0.05, 0.1) is 18.4 Å². The first-order chi connectivity index (χ1) is 13.2. The van der Waals surface area contributed by atoms with Crippen LogP contribution in [0.15, 0.2) is 36.8 Å². The number of rotatable bonds is 7. The van der Waals surface area contributed by atoms with Gasteiger partial charge in [-0.25, -0.2) is 9.97 Å². The monoisotopic (exact) mass is 368 g/mol. The maximum absolute atomic E-state index is 12.3. The molecule has 1 amide bonds. The lowest BCUT2D eigenvalue weighted by Gasteiger charge is -2.32. The summed E-state index contributed by atoms with van der Waals surface area (Å²) in [4.78, 5) is 29.8. The molecule has 0 atom stereocenters. The molecule has 1 fully saturated rings. The Hall–Kier alpha value is -2.54. The van der Waals surface area contributed by atoms with Crippen LogP contribution in [-0.4, -0.2) is 63.4 Å². The summed E-state index contributed by atoms with van der Waals surface area (Å²) in [6, 6.07) is 5.72. The lowest BCUT2D eigenvalue weighted by Crippen LogP contribution is -2.43. The van der Waals surface area contributed by atoms with E-state index in [-0.39, 0.29) is 5.91 Å². The number of hydrogen-bond acceptors (Lipinski definition) is 6. The molecule has 1 N–H and O–H groups in total. The second kappa shape index (κ2) is 9.41. The van der Waals surface area contributed by atoms with Crippen molar-refractivity contribution >= 4 is 17.5 Å². The van der Waals surface area contributed by atoms with Gasteiger partial charge in [0, 0.05) is 31.4 Å². The first-order valence-electron chi connectivity index (χ1n) is 9.69. The number of pyridine rings is 1. The zero-order valence-corrected chi connectivity index (χ0v) is 16.1. The van der Waals surface area contributed by atoms with Crippen molar-refractivity contribution in [2.24, 2.45) is 0 Å². The van der Waals surface area contributed by atoms with E-state index in [9.17, 15) is 4.79 Å². The molecule has 27 heavy (non-hydrogen) atoms. The van der Waals surface area contributed by atoms with E-state index >= 15 is 0 Å². The fourth-order valence-electron chi connectivity index (χ4n) is 3.46. The predicted octanol–water partition coefficient (Wildman–Crippen LogP) is 2.66. The number of nitrogens with zero attached hydrogens (tertiary/aromatic N) is 5. The van der Waals surface area contributed by atoms with E-state index in [0.29, 0.717) is 18.3 Å². The topological polar surface area (TPSA) is 74.2 Å². The molecule has 0 spiro atoms. The molecule has 144 valence electrons. The molecule has 0 bridgehead atoms. The number of hydrogen-bond donors (Lipinski definition) is 1. The Kier molecular flexibility index (Phi) is 6.70. The van der Waals surface area contributed by atoms with Crippen molar-refractivity contribution in [3.8, 4) is 0 Å². The number of carbonyl (C=O) groups excluding carboxylic acids is 1. The number of aromatic nitrogens is 3. The maximum atomic E-state index is 12.3. The Labute approximate surface area is 160 Å². The van der Waals surface area contributed by atoms with E-state index in [0.717, 1.165) is 50.5 Å². The van der Waals surface area contributed by atoms with Crippen molar-refractivity contribution in [2.45, 2.75) is 32.6 Å². The van der Waals surface area contributed by atoms with E-state index in [4.69, 9.17) is 4.98 Å². The molecule has 0 aliphatic carbocycles. The summed E-state index contributed by atoms with van der Waals surface area (Å²) in [6.07, 6.45) is 7.30. The van der Waals surface area contributed by atoms with Crippen molar-refractivity contribution in [3.63, 3.8) is 0 Å². The van der Waals surface area contributed by atoms with Gasteiger partial charge in [0.15, 0.2) is 0 Å². The van der Waals surface area contributed by atoms with Gasteiger partial charge < -0.3 is 10.2 Å². The van der Waals surface area contributed by atoms with Crippen molar-refractivity contribution in [2.75, 3.05) is 38.0 Å². The molecule has 0 unspecified atom stereocenters. The second-order valence-electron chi connectivity index (χ2n) is 6.79. The van der Waals surface area contributed by atoms with Crippen LogP contribution in [0.2, 0.25) is 0 Å². The minimum Gasteiger partial charge on any atom is -0.342 e. The summed E-state index contributed by atoms with van der Waals surface area (Å²) < 4.78 is 0. The number of piperidine rings is 1. The molecule has 1 aliphatic rings. The van der Waals surface area contributed by atoms with Crippen LogP contribution in [0.5, 0.6) is 0 Å². The SMILES string of the molecule is CCN(CC)C(=O)CN1CCC(c2cncc(Nc3ccccn3)n2)CC1. The molecule has 1 saturated heterocycles. The largest absolute Gasteiger partial charge is 0.342 e. The molecule has 7 nitrogen and oxygen atoms in total. The summed E-state index contributed by atoms with van der Waals surface area (Å²) in [6.45, 7) is 7.95. The summed E-state index contributed by atoms with van der Waals surface area (Å²) in [5.74, 6) is 2.07. The zero-order valence-electron chi connectivity index (χ0n) is 16.1. The minimum absolute atomic E-state index is 0.222. The number of amides is 1. The van der Waals surface area contributed by atoms with E-state index in [1.54, 1.807) is 12.4 Å². The van der Waals surface area contributed by atoms with E-state index in [1.165, 1.54) is 0 Å². The van der Waals surface area contributed by atoms with Gasteiger partial charge in [0.2, 0.25) is 5.91 Å². The first-order valence-corrected chi connectivity index (χ1v) is 9.69. The van der Waals surface area contributed by atoms with Crippen LogP contribution < -0.4 is 5.32 Å². The lowest BCUT2D eigenvalue weighted by atomic mass is 9.94. The number of nitrogens with one attached hydrogen (secondary N) is 1. The standard InChI is InChI=1S/C20H28N6O/c1-3-26(4-2)20(27)15-25-11-8-16(9-12-25)17-13-21-14-19(23-17)24-18-7-5-6-10-22-18/h5-7,10,13-14,16H,3-4,8-9,11-12,15H2,1-2H3,(H,22,23,24). The van der Waals surface area contributed by atoms with Gasteiger partial charge in [0.1, 0.15) is 11.6 Å². The molecule has 0 saturated carbocycles. The quantitative estimate of drug-likeness (QED) is 0.810. The van der Waals surface area contributed by atoms with Crippen LogP contribution in [0.25, 0.3) is 0 Å². The molecule has 0 radical (unpaired) electrons. The summed E-state index contributed by atoms with van der Waals surface area (Å²) in [5.41, 5.74) is 1.01. The van der Waals surface area contributed by atoms with Crippen LogP contribution in [0.1, 0.15) is 38.3 Å². The molecule has 1 aliphatic heterocycles. The van der Waals surface area contributed by atoms with Crippen molar-refractivity contribution in [1.29, 1.82) is 0 Å². The van der Waals surface area contributed by atoms with Gasteiger partial charge in [-0.2, -0.15) is 0 Å². The second-order valence-corrected chi connectivity index (χ2v) is 6.79. The molecule has 0 aromatic carbocycles. The molecular formula is C20H28N6O. The Morgan fingerprint density at radius 3 is 2.63 bits per heavy atom. The molecular weight excluding hydrogens is 340 g/mol. The lowest BCUT2D eigenvalue weighted by molar-refractivity contribution is -0.132. The fraction of sp³-hybridized carbons (Fsp3) is 0.500. The number of anilines is 2. The summed E-state index contributed by atoms with van der Waals surface area (Å²) in [5, 5.41) is 3.20. The Bertz CT molecular complexity index is 726. The zero-order chi connectivity index (χ0) is 19.1. The van der Waals surface area contributed by atoms with Crippen LogP contribution in [0, 0.1) is 0 Å². The Balaban J connectivity index is 1.55. The first kappa shape index (κ1) is 19.2. The predicted molar refractivity (Wildman–Crippen MR) is 106 cm³/mol. The molecule has 3 heterocycles. The Morgan fingerprint density at radius 2 is 1.96 bits per heavy atom. The van der Waals surface area contributed by atoms with Gasteiger partial charge in [-0.05, 0) is 51.9 Å². The Morgan fingerprint density at radius 1 is 1.19 bits per heavy atom. The third-order valence-corrected chi connectivity index (χ3v) is 5.06. The van der Waals surface area contributed by atoms with Crippen LogP contribution >= 0.6 is 0 Å². The van der Waals surface area contributed by atoms with Gasteiger partial charge in [-0.3, -0.25) is 14.7 Å². The highest BCUT2D eigenvalue weighted by molar-refractivity contribution is 5.78. The van der Waals surface area contributed by atoms with Gasteiger partial charge >= 0.3 is 0 Å². The maximum Gasteiger partial charge on any atom is 0.236 e. The van der Waals surface area contributed by atoms with E-state index in [1.807, 2.05) is 43.1 Å². The van der Waals surface area contributed by atoms with Gasteiger partial charge in [-0.15, -0.1) is 0 Å². The van der Waals surface area contributed by atoms with Gasteiger partial charge in [0.25, 0.3) is 0 Å². The third-order valence-electron chi connectivity index (χ3n) is 5.06. The van der Waals surface area contributed by atoms with Crippen LogP contribution in [0.4, 0.5) is 11.6 Å². The van der Waals surface area contributed by atoms with Crippen molar-refractivity contribution in [1.82, 2.24) is 24.8 Å². The van der Waals surface area contributed by atoms with Crippen LogP contribution in [-0.2, 0) is 4.79 Å². The summed E-state index contributed by atoms with van der Waals surface area (Å²) >= 11 is 0. The number of carbonyl (C=O) groups is 1. The fourth-order valence-corrected chi connectivity index (χ4v) is 3.46. The smallest absolute Gasteiger partial charge is 0.236 e. The van der Waals surface area contributed by atoms with Gasteiger partial charge in [-0.1, -0.05) is 6.07 Å². The van der Waals surface area contributed by atoms with Crippen molar-refractivity contribution < 1.29 is 4.79 Å². The molecule has 3 rings (SSSR count). The highest BCUT2D eigenvalue weighted by Gasteiger charge is 2.24.